The molecule has 0 saturated carbocycles. The van der Waals surface area contributed by atoms with E-state index < -0.39 is 35.1 Å². The molecule has 0 fully saturated rings. The van der Waals surface area contributed by atoms with Gasteiger partial charge in [-0.25, -0.2) is 9.80 Å². The van der Waals surface area contributed by atoms with E-state index in [9.17, 15) is 29.4 Å². The zero-order valence-corrected chi connectivity index (χ0v) is 14.2. The lowest BCUT2D eigenvalue weighted by atomic mass is 10.0. The highest BCUT2D eigenvalue weighted by molar-refractivity contribution is 6.30. The minimum Gasteiger partial charge on any atom is -0.506 e. The number of hydrogen-bond acceptors (Lipinski definition) is 6. The number of nitrogens with zero attached hydrogens (tertiary/aromatic N) is 2. The molecule has 2 aliphatic rings. The van der Waals surface area contributed by atoms with Crippen molar-refractivity contribution in [3.8, 4) is 22.6 Å². The largest absolute Gasteiger partial charge is 0.506 e. The second-order valence-corrected chi connectivity index (χ2v) is 6.07. The summed E-state index contributed by atoms with van der Waals surface area (Å²) in [5, 5.41) is 20.8. The van der Waals surface area contributed by atoms with Crippen LogP contribution < -0.4 is 9.80 Å². The fourth-order valence-corrected chi connectivity index (χ4v) is 3.11. The molecule has 0 spiro atoms. The molecular weight excluding hydrogens is 364 g/mol. The monoisotopic (exact) mass is 376 g/mol. The summed E-state index contributed by atoms with van der Waals surface area (Å²) in [7, 11) is 0. The van der Waals surface area contributed by atoms with Crippen LogP contribution in [0.2, 0.25) is 0 Å². The Morgan fingerprint density at radius 3 is 1.86 bits per heavy atom. The van der Waals surface area contributed by atoms with E-state index in [1.807, 2.05) is 0 Å². The zero-order chi connectivity index (χ0) is 20.0. The number of carbonyl (C=O) groups excluding carboxylic acids is 4. The van der Waals surface area contributed by atoms with E-state index in [2.05, 4.69) is 0 Å². The molecule has 2 aliphatic heterocycles. The highest BCUT2D eigenvalue weighted by atomic mass is 16.3. The Kier molecular flexibility index (Phi) is 3.82. The number of hydrogen-bond donors (Lipinski definition) is 2. The maximum absolute atomic E-state index is 11.9. The molecule has 0 aliphatic carbocycles. The van der Waals surface area contributed by atoms with E-state index in [0.29, 0.717) is 16.2 Å². The Balaban J connectivity index is 1.81. The number of imide groups is 2. The van der Waals surface area contributed by atoms with Crippen molar-refractivity contribution in [2.24, 2.45) is 0 Å². The third-order valence-electron chi connectivity index (χ3n) is 4.39. The first kappa shape index (κ1) is 17.2. The zero-order valence-electron chi connectivity index (χ0n) is 14.2. The van der Waals surface area contributed by atoms with Crippen molar-refractivity contribution >= 4 is 35.0 Å². The van der Waals surface area contributed by atoms with E-state index in [1.165, 1.54) is 18.2 Å². The van der Waals surface area contributed by atoms with Crippen molar-refractivity contribution in [3.63, 3.8) is 0 Å². The summed E-state index contributed by atoms with van der Waals surface area (Å²) in [6.07, 6.45) is 4.38. The third kappa shape index (κ3) is 2.55. The standard InChI is InChI=1S/C20H12N2O6/c23-14-5-4-13(20(28)19(14)22-17(26)8-9-18(22)27)11-2-1-3-12(10-11)21-15(24)6-7-16(21)25/h1-10,23,28H. The molecule has 0 bridgehead atoms. The topological polar surface area (TPSA) is 115 Å². The summed E-state index contributed by atoms with van der Waals surface area (Å²) < 4.78 is 0. The van der Waals surface area contributed by atoms with Crippen molar-refractivity contribution in [1.29, 1.82) is 0 Å². The molecule has 138 valence electrons. The Morgan fingerprint density at radius 2 is 1.25 bits per heavy atom. The van der Waals surface area contributed by atoms with Gasteiger partial charge in [0.25, 0.3) is 23.6 Å². The second kappa shape index (κ2) is 6.20. The Bertz CT molecular complexity index is 1100. The molecular formula is C20H12N2O6. The van der Waals surface area contributed by atoms with Gasteiger partial charge in [-0.1, -0.05) is 12.1 Å². The van der Waals surface area contributed by atoms with Crippen LogP contribution in [0.1, 0.15) is 0 Å². The van der Waals surface area contributed by atoms with Crippen LogP contribution in [0.5, 0.6) is 11.5 Å². The van der Waals surface area contributed by atoms with Crippen LogP contribution in [0.25, 0.3) is 11.1 Å². The predicted octanol–water partition coefficient (Wildman–Crippen LogP) is 1.62. The molecule has 0 radical (unpaired) electrons. The molecule has 2 aromatic rings. The maximum atomic E-state index is 11.9. The summed E-state index contributed by atoms with van der Waals surface area (Å²) in [6, 6.07) is 8.90. The number of phenolic OH excluding ortho intramolecular Hbond substituents is 2. The van der Waals surface area contributed by atoms with Crippen LogP contribution >= 0.6 is 0 Å². The Morgan fingerprint density at radius 1 is 0.679 bits per heavy atom. The molecule has 2 heterocycles. The van der Waals surface area contributed by atoms with Crippen LogP contribution in [-0.4, -0.2) is 33.8 Å². The fourth-order valence-electron chi connectivity index (χ4n) is 3.11. The molecule has 0 atom stereocenters. The maximum Gasteiger partial charge on any atom is 0.258 e. The summed E-state index contributed by atoms with van der Waals surface area (Å²) in [5.41, 5.74) is 0.574. The lowest BCUT2D eigenvalue weighted by Gasteiger charge is -2.20. The molecule has 28 heavy (non-hydrogen) atoms. The lowest BCUT2D eigenvalue weighted by Crippen LogP contribution is -2.29. The molecule has 4 amide bonds. The van der Waals surface area contributed by atoms with Gasteiger partial charge in [0.05, 0.1) is 5.69 Å². The van der Waals surface area contributed by atoms with E-state index in [4.69, 9.17) is 0 Å². The first-order valence-electron chi connectivity index (χ1n) is 8.16. The van der Waals surface area contributed by atoms with Crippen molar-refractivity contribution in [3.05, 3.63) is 60.7 Å². The van der Waals surface area contributed by atoms with Crippen LogP contribution in [0.4, 0.5) is 11.4 Å². The number of benzene rings is 2. The average Bonchev–Trinajstić information content (AvgIpc) is 3.17. The smallest absolute Gasteiger partial charge is 0.258 e. The Hall–Kier alpha value is -4.20. The predicted molar refractivity (Wildman–Crippen MR) is 98.5 cm³/mol. The molecule has 4 rings (SSSR count). The molecule has 0 aromatic heterocycles. The van der Waals surface area contributed by atoms with Gasteiger partial charge >= 0.3 is 0 Å². The number of carbonyl (C=O) groups is 4. The number of anilines is 2. The van der Waals surface area contributed by atoms with Gasteiger partial charge in [0, 0.05) is 29.9 Å². The van der Waals surface area contributed by atoms with E-state index in [-0.39, 0.29) is 11.3 Å². The highest BCUT2D eigenvalue weighted by Crippen LogP contribution is 2.45. The first-order chi connectivity index (χ1) is 13.4. The van der Waals surface area contributed by atoms with Gasteiger partial charge < -0.3 is 10.2 Å². The average molecular weight is 376 g/mol. The van der Waals surface area contributed by atoms with Crippen molar-refractivity contribution in [1.82, 2.24) is 0 Å². The van der Waals surface area contributed by atoms with E-state index in [1.54, 1.807) is 18.2 Å². The van der Waals surface area contributed by atoms with Gasteiger partial charge in [-0.05, 0) is 29.8 Å². The van der Waals surface area contributed by atoms with Gasteiger partial charge in [-0.3, -0.25) is 19.2 Å². The van der Waals surface area contributed by atoms with Crippen LogP contribution in [0.3, 0.4) is 0 Å². The van der Waals surface area contributed by atoms with Gasteiger partial charge in [0.2, 0.25) is 0 Å². The number of aromatic hydroxyl groups is 2. The van der Waals surface area contributed by atoms with E-state index >= 15 is 0 Å². The van der Waals surface area contributed by atoms with Crippen molar-refractivity contribution < 1.29 is 29.4 Å². The second-order valence-electron chi connectivity index (χ2n) is 6.07. The minimum absolute atomic E-state index is 0.203. The van der Waals surface area contributed by atoms with Crippen molar-refractivity contribution in [2.75, 3.05) is 9.80 Å². The normalized spacial score (nSPS) is 16.0. The first-order valence-corrected chi connectivity index (χ1v) is 8.16. The third-order valence-corrected chi connectivity index (χ3v) is 4.39. The number of amides is 4. The van der Waals surface area contributed by atoms with Gasteiger partial charge in [-0.2, -0.15) is 0 Å². The molecule has 0 unspecified atom stereocenters. The number of rotatable bonds is 3. The molecule has 8 heteroatoms. The van der Waals surface area contributed by atoms with Gasteiger partial charge in [0.1, 0.15) is 11.4 Å². The molecule has 0 saturated heterocycles. The van der Waals surface area contributed by atoms with E-state index in [0.717, 1.165) is 29.2 Å². The number of phenols is 2. The summed E-state index contributed by atoms with van der Waals surface area (Å²) in [6.45, 7) is 0. The SMILES string of the molecule is O=C1C=CC(=O)N1c1cccc(-c2ccc(O)c(N3C(=O)C=CC3=O)c2O)c1. The van der Waals surface area contributed by atoms with Crippen LogP contribution in [0.15, 0.2) is 60.7 Å². The lowest BCUT2D eigenvalue weighted by molar-refractivity contribution is -0.121. The minimum atomic E-state index is -0.694. The van der Waals surface area contributed by atoms with Gasteiger partial charge in [-0.15, -0.1) is 0 Å². The Labute approximate surface area is 158 Å². The quantitative estimate of drug-likeness (QED) is 0.787. The summed E-state index contributed by atoms with van der Waals surface area (Å²) in [5.74, 6) is -3.30. The van der Waals surface area contributed by atoms with Crippen LogP contribution in [-0.2, 0) is 19.2 Å². The van der Waals surface area contributed by atoms with Gasteiger partial charge in [0.15, 0.2) is 5.75 Å². The van der Waals surface area contributed by atoms with Crippen LogP contribution in [0, 0.1) is 0 Å². The fraction of sp³-hybridized carbons (Fsp3) is 0. The summed E-state index contributed by atoms with van der Waals surface area (Å²) in [4.78, 5) is 49.3. The molecule has 2 N–H and O–H groups in total. The molecule has 8 nitrogen and oxygen atoms in total. The summed E-state index contributed by atoms with van der Waals surface area (Å²) >= 11 is 0. The van der Waals surface area contributed by atoms with Crippen molar-refractivity contribution in [2.45, 2.75) is 0 Å². The molecule has 2 aromatic carbocycles. The highest BCUT2D eigenvalue weighted by Gasteiger charge is 2.31.